The Morgan fingerprint density at radius 1 is 1.16 bits per heavy atom. The molecule has 0 saturated heterocycles. The monoisotopic (exact) mass is 268 g/mol. The van der Waals surface area contributed by atoms with E-state index in [2.05, 4.69) is 30.9 Å². The number of aromatic nitrogens is 2. The van der Waals surface area contributed by atoms with Crippen molar-refractivity contribution in [2.45, 2.75) is 65.3 Å². The summed E-state index contributed by atoms with van der Waals surface area (Å²) in [5.74, 6) is -0.916. The quantitative estimate of drug-likeness (QED) is 0.533. The van der Waals surface area contributed by atoms with Crippen LogP contribution in [0.1, 0.15) is 58.8 Å². The Bertz CT molecular complexity index is 335. The minimum absolute atomic E-state index is 0.228. The van der Waals surface area contributed by atoms with Crippen LogP contribution in [0.25, 0.3) is 0 Å². The summed E-state index contributed by atoms with van der Waals surface area (Å²) in [5, 5.41) is 9.98. The Kier molecular flexibility index (Phi) is 10.9. The molecular formula is C15H28N2O2. The summed E-state index contributed by atoms with van der Waals surface area (Å²) < 4.78 is 4.16. The number of rotatable bonds is 8. The van der Waals surface area contributed by atoms with Crippen molar-refractivity contribution in [3.63, 3.8) is 0 Å². The van der Waals surface area contributed by atoms with Crippen LogP contribution in [0.3, 0.4) is 0 Å². The van der Waals surface area contributed by atoms with Crippen LogP contribution in [0.2, 0.25) is 0 Å². The smallest absolute Gasteiger partial charge is 0.243 e. The second-order valence-corrected chi connectivity index (χ2v) is 4.80. The maximum Gasteiger partial charge on any atom is 0.243 e. The van der Waals surface area contributed by atoms with Gasteiger partial charge >= 0.3 is 0 Å². The highest BCUT2D eigenvalue weighted by Crippen LogP contribution is 2.05. The first-order chi connectivity index (χ1) is 9.10. The summed E-state index contributed by atoms with van der Waals surface area (Å²) in [6.45, 7) is 5.35. The number of aryl methyl sites for hydroxylation is 2. The fourth-order valence-corrected chi connectivity index (χ4v) is 1.74. The number of nitrogens with zero attached hydrogens (tertiary/aromatic N) is 2. The van der Waals surface area contributed by atoms with Gasteiger partial charge in [-0.25, -0.2) is 9.13 Å². The highest BCUT2D eigenvalue weighted by Gasteiger charge is 1.92. The second kappa shape index (κ2) is 11.8. The molecule has 0 aromatic carbocycles. The molecular weight excluding hydrogens is 240 g/mol. The van der Waals surface area contributed by atoms with Crippen LogP contribution in [-0.2, 0) is 18.4 Å². The molecule has 1 heterocycles. The van der Waals surface area contributed by atoms with Crippen molar-refractivity contribution in [2.24, 2.45) is 7.05 Å². The Labute approximate surface area is 117 Å². The van der Waals surface area contributed by atoms with E-state index in [1.807, 2.05) is 17.8 Å². The molecule has 110 valence electrons. The van der Waals surface area contributed by atoms with Gasteiger partial charge in [0.2, 0.25) is 6.33 Å². The molecule has 0 saturated carbocycles. The number of hydrogen-bond acceptors (Lipinski definition) is 2. The van der Waals surface area contributed by atoms with Gasteiger partial charge in [-0.05, 0) is 19.8 Å². The van der Waals surface area contributed by atoms with Gasteiger partial charge in [-0.15, -0.1) is 0 Å². The first kappa shape index (κ1) is 17.7. The van der Waals surface area contributed by atoms with E-state index in [0.29, 0.717) is 0 Å². The average molecular weight is 268 g/mol. The molecule has 0 unspecified atom stereocenters. The van der Waals surface area contributed by atoms with Gasteiger partial charge in [0.15, 0.2) is 0 Å². The zero-order valence-electron chi connectivity index (χ0n) is 12.6. The minimum Gasteiger partial charge on any atom is -0.550 e. The molecule has 4 nitrogen and oxygen atoms in total. The molecule has 0 atom stereocenters. The average Bonchev–Trinajstić information content (AvgIpc) is 2.80. The van der Waals surface area contributed by atoms with Gasteiger partial charge in [-0.1, -0.05) is 39.0 Å². The lowest BCUT2D eigenvalue weighted by atomic mass is 10.1. The molecule has 1 aromatic heterocycles. The Balaban J connectivity index is 0.000000356. The molecule has 19 heavy (non-hydrogen) atoms. The van der Waals surface area contributed by atoms with Gasteiger partial charge in [-0.3, -0.25) is 0 Å². The molecule has 0 aliphatic carbocycles. The van der Waals surface area contributed by atoms with Gasteiger partial charge in [0.05, 0.1) is 13.6 Å². The molecule has 0 amide bonds. The van der Waals surface area contributed by atoms with Crippen LogP contribution in [0.5, 0.6) is 0 Å². The Morgan fingerprint density at radius 2 is 1.79 bits per heavy atom. The van der Waals surface area contributed by atoms with E-state index in [4.69, 9.17) is 0 Å². The van der Waals surface area contributed by atoms with Crippen molar-refractivity contribution in [3.8, 4) is 0 Å². The largest absolute Gasteiger partial charge is 0.550 e. The first-order valence-corrected chi connectivity index (χ1v) is 7.31. The molecule has 1 aromatic rings. The maximum absolute atomic E-state index is 9.98. The van der Waals surface area contributed by atoms with E-state index in [1.165, 1.54) is 25.7 Å². The lowest BCUT2D eigenvalue weighted by Crippen LogP contribution is -2.23. The summed E-state index contributed by atoms with van der Waals surface area (Å²) in [6, 6.07) is 0. The van der Waals surface area contributed by atoms with Gasteiger partial charge in [0.1, 0.15) is 12.4 Å². The molecule has 1 rings (SSSR count). The van der Waals surface area contributed by atoms with Crippen molar-refractivity contribution >= 4 is 5.97 Å². The number of hydrogen-bond donors (Lipinski definition) is 0. The standard InChI is InChI=1S/C9H18O2.C6H11N2/c1-2-3-4-5-6-7-8-9(10)11;1-3-8-5-4-7(2)6-8/h2-8H2,1H3,(H,10,11);4-6H,3H2,1-2H3/q;+1/p-1. The highest BCUT2D eigenvalue weighted by molar-refractivity contribution is 5.63. The third-order valence-electron chi connectivity index (χ3n) is 2.92. The van der Waals surface area contributed by atoms with Gasteiger partial charge in [-0.2, -0.15) is 0 Å². The number of carbonyl (C=O) groups is 1. The number of carboxylic acid groups (broad SMARTS) is 1. The van der Waals surface area contributed by atoms with E-state index in [1.54, 1.807) is 0 Å². The first-order valence-electron chi connectivity index (χ1n) is 7.31. The Morgan fingerprint density at radius 3 is 2.21 bits per heavy atom. The van der Waals surface area contributed by atoms with E-state index in [0.717, 1.165) is 19.4 Å². The summed E-state index contributed by atoms with van der Waals surface area (Å²) in [6.07, 6.45) is 13.1. The SMILES string of the molecule is CCCCCCCCC(=O)[O-].CCn1cc[n+](C)c1. The molecule has 0 aliphatic heterocycles. The number of aliphatic carboxylic acids is 1. The fourth-order valence-electron chi connectivity index (χ4n) is 1.74. The van der Waals surface area contributed by atoms with Crippen molar-refractivity contribution in [3.05, 3.63) is 18.7 Å². The molecule has 0 fully saturated rings. The summed E-state index contributed by atoms with van der Waals surface area (Å²) in [4.78, 5) is 9.98. The van der Waals surface area contributed by atoms with E-state index in [9.17, 15) is 9.90 Å². The third-order valence-corrected chi connectivity index (χ3v) is 2.92. The highest BCUT2D eigenvalue weighted by atomic mass is 16.4. The Hall–Kier alpha value is -1.32. The number of unbranched alkanes of at least 4 members (excludes halogenated alkanes) is 5. The second-order valence-electron chi connectivity index (χ2n) is 4.80. The molecule has 0 bridgehead atoms. The summed E-state index contributed by atoms with van der Waals surface area (Å²) in [5.41, 5.74) is 0. The number of carbonyl (C=O) groups excluding carboxylic acids is 1. The molecule has 0 spiro atoms. The zero-order chi connectivity index (χ0) is 14.5. The van der Waals surface area contributed by atoms with Crippen molar-refractivity contribution in [1.82, 2.24) is 4.57 Å². The van der Waals surface area contributed by atoms with Gasteiger partial charge in [0, 0.05) is 5.97 Å². The van der Waals surface area contributed by atoms with Crippen LogP contribution >= 0.6 is 0 Å². The van der Waals surface area contributed by atoms with Crippen molar-refractivity contribution in [1.29, 1.82) is 0 Å². The maximum atomic E-state index is 9.98. The van der Waals surface area contributed by atoms with E-state index < -0.39 is 5.97 Å². The van der Waals surface area contributed by atoms with Crippen LogP contribution < -0.4 is 9.67 Å². The summed E-state index contributed by atoms with van der Waals surface area (Å²) in [7, 11) is 2.02. The number of imidazole rings is 1. The molecule has 0 aliphatic rings. The van der Waals surface area contributed by atoms with Crippen LogP contribution in [0.15, 0.2) is 18.7 Å². The minimum atomic E-state index is -0.916. The molecule has 0 radical (unpaired) electrons. The van der Waals surface area contributed by atoms with Crippen molar-refractivity contribution < 1.29 is 14.5 Å². The van der Waals surface area contributed by atoms with Crippen LogP contribution in [0, 0.1) is 0 Å². The predicted molar refractivity (Wildman–Crippen MR) is 74.3 cm³/mol. The predicted octanol–water partition coefficient (Wildman–Crippen LogP) is 1.82. The third kappa shape index (κ3) is 11.5. The van der Waals surface area contributed by atoms with Crippen LogP contribution in [0.4, 0.5) is 0 Å². The zero-order valence-corrected chi connectivity index (χ0v) is 12.6. The molecule has 0 N–H and O–H groups in total. The van der Waals surface area contributed by atoms with Gasteiger partial charge < -0.3 is 9.90 Å². The van der Waals surface area contributed by atoms with Crippen LogP contribution in [-0.4, -0.2) is 10.5 Å². The summed E-state index contributed by atoms with van der Waals surface area (Å²) >= 11 is 0. The lowest BCUT2D eigenvalue weighted by molar-refractivity contribution is -0.671. The lowest BCUT2D eigenvalue weighted by Gasteiger charge is -2.00. The molecule has 4 heteroatoms. The fraction of sp³-hybridized carbons (Fsp3) is 0.733. The number of carboxylic acids is 1. The van der Waals surface area contributed by atoms with E-state index in [-0.39, 0.29) is 6.42 Å². The van der Waals surface area contributed by atoms with E-state index >= 15 is 0 Å². The topological polar surface area (TPSA) is 48.9 Å². The van der Waals surface area contributed by atoms with Gasteiger partial charge in [0.25, 0.3) is 0 Å². The normalized spacial score (nSPS) is 9.84. The van der Waals surface area contributed by atoms with Crippen molar-refractivity contribution in [2.75, 3.05) is 0 Å².